The second-order valence-corrected chi connectivity index (χ2v) is 4.58. The summed E-state index contributed by atoms with van der Waals surface area (Å²) >= 11 is 0. The predicted molar refractivity (Wildman–Crippen MR) is 76.2 cm³/mol. The number of para-hydroxylation sites is 1. The molecule has 20 heavy (non-hydrogen) atoms. The Morgan fingerprint density at radius 2 is 2.15 bits per heavy atom. The summed E-state index contributed by atoms with van der Waals surface area (Å²) in [6.07, 6.45) is 4.99. The number of carbonyl (C=O) groups excluding carboxylic acids is 1. The molecule has 3 aromatic rings. The third-order valence-electron chi connectivity index (χ3n) is 3.21. The van der Waals surface area contributed by atoms with Crippen molar-refractivity contribution in [2.75, 3.05) is 0 Å². The number of aromatic amines is 1. The van der Waals surface area contributed by atoms with Gasteiger partial charge in [-0.1, -0.05) is 18.2 Å². The van der Waals surface area contributed by atoms with Gasteiger partial charge in [-0.3, -0.25) is 9.78 Å². The molecule has 100 valence electrons. The summed E-state index contributed by atoms with van der Waals surface area (Å²) in [4.78, 5) is 23.6. The number of benzene rings is 1. The van der Waals surface area contributed by atoms with Crippen molar-refractivity contribution in [2.24, 2.45) is 0 Å². The van der Waals surface area contributed by atoms with Crippen molar-refractivity contribution in [1.82, 2.24) is 20.3 Å². The molecular weight excluding hydrogens is 252 g/mol. The Kier molecular flexibility index (Phi) is 3.16. The van der Waals surface area contributed by atoms with Gasteiger partial charge < -0.3 is 10.3 Å². The predicted octanol–water partition coefficient (Wildman–Crippen LogP) is 2.45. The first-order chi connectivity index (χ1) is 9.75. The van der Waals surface area contributed by atoms with Crippen LogP contribution in [0, 0.1) is 0 Å². The number of hydrogen-bond acceptors (Lipinski definition) is 3. The average Bonchev–Trinajstić information content (AvgIpc) is 3.01. The molecule has 0 aliphatic carbocycles. The highest BCUT2D eigenvalue weighted by molar-refractivity contribution is 6.05. The zero-order valence-corrected chi connectivity index (χ0v) is 11.0. The van der Waals surface area contributed by atoms with Crippen LogP contribution in [0.4, 0.5) is 0 Å². The molecule has 0 spiro atoms. The first-order valence-corrected chi connectivity index (χ1v) is 6.38. The molecule has 1 aromatic carbocycles. The van der Waals surface area contributed by atoms with E-state index in [1.54, 1.807) is 24.8 Å². The SMILES string of the molecule is C[C@@H](NC(=O)c1cccc2cccnc12)c1cnc[nH]1. The number of rotatable bonds is 3. The van der Waals surface area contributed by atoms with Crippen LogP contribution in [0.25, 0.3) is 10.9 Å². The number of pyridine rings is 1. The quantitative estimate of drug-likeness (QED) is 0.765. The molecule has 0 fully saturated rings. The molecule has 5 nitrogen and oxygen atoms in total. The molecule has 0 saturated carbocycles. The minimum atomic E-state index is -0.142. The lowest BCUT2D eigenvalue weighted by Gasteiger charge is -2.13. The first-order valence-electron chi connectivity index (χ1n) is 6.38. The highest BCUT2D eigenvalue weighted by Gasteiger charge is 2.14. The Morgan fingerprint density at radius 3 is 2.95 bits per heavy atom. The van der Waals surface area contributed by atoms with Crippen molar-refractivity contribution >= 4 is 16.8 Å². The summed E-state index contributed by atoms with van der Waals surface area (Å²) in [7, 11) is 0. The van der Waals surface area contributed by atoms with Crippen molar-refractivity contribution in [2.45, 2.75) is 13.0 Å². The molecule has 1 atom stereocenters. The highest BCUT2D eigenvalue weighted by atomic mass is 16.1. The van der Waals surface area contributed by atoms with Crippen molar-refractivity contribution in [3.05, 3.63) is 60.3 Å². The standard InChI is InChI=1S/C15H14N4O/c1-10(13-8-16-9-18-13)19-15(20)12-6-2-4-11-5-3-7-17-14(11)12/h2-10H,1H3,(H,16,18)(H,19,20)/t10-/m1/s1. The molecule has 0 aliphatic rings. The molecule has 2 aromatic heterocycles. The van der Waals surface area contributed by atoms with Crippen LogP contribution < -0.4 is 5.32 Å². The second-order valence-electron chi connectivity index (χ2n) is 4.58. The van der Waals surface area contributed by atoms with E-state index in [9.17, 15) is 4.79 Å². The Bertz CT molecular complexity index is 731. The molecule has 0 radical (unpaired) electrons. The molecule has 0 unspecified atom stereocenters. The molecular formula is C15H14N4O. The van der Waals surface area contributed by atoms with E-state index in [2.05, 4.69) is 20.3 Å². The summed E-state index contributed by atoms with van der Waals surface area (Å²) < 4.78 is 0. The van der Waals surface area contributed by atoms with Crippen LogP contribution in [0.5, 0.6) is 0 Å². The Labute approximate surface area is 116 Å². The van der Waals surface area contributed by atoms with Crippen LogP contribution in [0.15, 0.2) is 49.1 Å². The van der Waals surface area contributed by atoms with Gasteiger partial charge in [-0.2, -0.15) is 0 Å². The largest absolute Gasteiger partial charge is 0.347 e. The molecule has 2 heterocycles. The van der Waals surface area contributed by atoms with E-state index in [4.69, 9.17) is 0 Å². The van der Waals surface area contributed by atoms with Crippen molar-refractivity contribution < 1.29 is 4.79 Å². The van der Waals surface area contributed by atoms with Gasteiger partial charge in [0.2, 0.25) is 0 Å². The number of imidazole rings is 1. The van der Waals surface area contributed by atoms with Gasteiger partial charge in [0.1, 0.15) is 0 Å². The van der Waals surface area contributed by atoms with E-state index in [1.807, 2.05) is 31.2 Å². The summed E-state index contributed by atoms with van der Waals surface area (Å²) in [6, 6.07) is 9.25. The minimum absolute atomic E-state index is 0.135. The van der Waals surface area contributed by atoms with Gasteiger partial charge in [-0.25, -0.2) is 4.98 Å². The van der Waals surface area contributed by atoms with E-state index in [0.29, 0.717) is 11.1 Å². The van der Waals surface area contributed by atoms with Crippen LogP contribution in [0.2, 0.25) is 0 Å². The van der Waals surface area contributed by atoms with Crippen LogP contribution >= 0.6 is 0 Å². The van der Waals surface area contributed by atoms with Crippen molar-refractivity contribution in [3.63, 3.8) is 0 Å². The van der Waals surface area contributed by atoms with Crippen LogP contribution in [0.1, 0.15) is 29.0 Å². The topological polar surface area (TPSA) is 70.7 Å². The third kappa shape index (κ3) is 2.25. The lowest BCUT2D eigenvalue weighted by Crippen LogP contribution is -2.27. The van der Waals surface area contributed by atoms with Gasteiger partial charge in [-0.15, -0.1) is 0 Å². The van der Waals surface area contributed by atoms with Gasteiger partial charge in [0.05, 0.1) is 35.3 Å². The summed E-state index contributed by atoms with van der Waals surface area (Å²) in [5.74, 6) is -0.142. The molecule has 0 bridgehead atoms. The van der Waals surface area contributed by atoms with Crippen LogP contribution in [-0.4, -0.2) is 20.9 Å². The fourth-order valence-electron chi connectivity index (χ4n) is 2.14. The van der Waals surface area contributed by atoms with E-state index < -0.39 is 0 Å². The number of carbonyl (C=O) groups is 1. The van der Waals surface area contributed by atoms with Gasteiger partial charge in [0, 0.05) is 11.6 Å². The zero-order valence-electron chi connectivity index (χ0n) is 11.0. The highest BCUT2D eigenvalue weighted by Crippen LogP contribution is 2.17. The van der Waals surface area contributed by atoms with Gasteiger partial charge in [-0.05, 0) is 19.1 Å². The smallest absolute Gasteiger partial charge is 0.254 e. The summed E-state index contributed by atoms with van der Waals surface area (Å²) in [5, 5.41) is 3.89. The number of amides is 1. The van der Waals surface area contributed by atoms with Gasteiger partial charge in [0.15, 0.2) is 0 Å². The van der Waals surface area contributed by atoms with E-state index >= 15 is 0 Å². The lowest BCUT2D eigenvalue weighted by atomic mass is 10.1. The summed E-state index contributed by atoms with van der Waals surface area (Å²) in [5.41, 5.74) is 2.16. The maximum atomic E-state index is 12.4. The normalized spacial score (nSPS) is 12.2. The first kappa shape index (κ1) is 12.3. The maximum Gasteiger partial charge on any atom is 0.254 e. The van der Waals surface area contributed by atoms with Crippen LogP contribution in [0.3, 0.4) is 0 Å². The number of nitrogens with zero attached hydrogens (tertiary/aromatic N) is 2. The Morgan fingerprint density at radius 1 is 1.30 bits per heavy atom. The Hall–Kier alpha value is -2.69. The van der Waals surface area contributed by atoms with Gasteiger partial charge >= 0.3 is 0 Å². The molecule has 1 amide bonds. The second kappa shape index (κ2) is 5.13. The molecule has 5 heteroatoms. The van der Waals surface area contributed by atoms with Crippen LogP contribution in [-0.2, 0) is 0 Å². The van der Waals surface area contributed by atoms with Gasteiger partial charge in [0.25, 0.3) is 5.91 Å². The number of fused-ring (bicyclic) bond motifs is 1. The lowest BCUT2D eigenvalue weighted by molar-refractivity contribution is 0.0940. The fraction of sp³-hybridized carbons (Fsp3) is 0.133. The van der Waals surface area contributed by atoms with E-state index in [-0.39, 0.29) is 11.9 Å². The average molecular weight is 266 g/mol. The Balaban J connectivity index is 1.89. The van der Waals surface area contributed by atoms with E-state index in [0.717, 1.165) is 11.1 Å². The fourth-order valence-corrected chi connectivity index (χ4v) is 2.14. The monoisotopic (exact) mass is 266 g/mol. The van der Waals surface area contributed by atoms with Crippen molar-refractivity contribution in [1.29, 1.82) is 0 Å². The maximum absolute atomic E-state index is 12.4. The molecule has 0 saturated heterocycles. The molecule has 0 aliphatic heterocycles. The van der Waals surface area contributed by atoms with Crippen molar-refractivity contribution in [3.8, 4) is 0 Å². The minimum Gasteiger partial charge on any atom is -0.347 e. The molecule has 2 N–H and O–H groups in total. The zero-order chi connectivity index (χ0) is 13.9. The number of aromatic nitrogens is 3. The number of nitrogens with one attached hydrogen (secondary N) is 2. The number of hydrogen-bond donors (Lipinski definition) is 2. The van der Waals surface area contributed by atoms with E-state index in [1.165, 1.54) is 0 Å². The molecule has 3 rings (SSSR count). The number of H-pyrrole nitrogens is 1. The third-order valence-corrected chi connectivity index (χ3v) is 3.21. The summed E-state index contributed by atoms with van der Waals surface area (Å²) in [6.45, 7) is 1.91.